The molecule has 6 rings (SSSR count). The monoisotopic (exact) mass is 517 g/mol. The van der Waals surface area contributed by atoms with E-state index in [1.807, 2.05) is 30.5 Å². The van der Waals surface area contributed by atoms with E-state index in [2.05, 4.69) is 56.0 Å². The molecule has 0 N–H and O–H groups in total. The quantitative estimate of drug-likeness (QED) is 0.435. The number of halogens is 1. The van der Waals surface area contributed by atoms with E-state index in [-0.39, 0.29) is 5.91 Å². The van der Waals surface area contributed by atoms with E-state index in [0.717, 1.165) is 95.6 Å². The zero-order valence-corrected chi connectivity index (χ0v) is 21.9. The van der Waals surface area contributed by atoms with Crippen LogP contribution in [-0.2, 0) is 4.79 Å². The molecule has 6 nitrogen and oxygen atoms in total. The second-order valence-electron chi connectivity index (χ2n) is 9.60. The van der Waals surface area contributed by atoms with Crippen LogP contribution < -0.4 is 4.90 Å². The van der Waals surface area contributed by atoms with Gasteiger partial charge in [0.25, 0.3) is 5.91 Å². The highest BCUT2D eigenvalue weighted by Crippen LogP contribution is 2.36. The van der Waals surface area contributed by atoms with E-state index in [4.69, 9.17) is 11.6 Å². The number of thioether (sulfide) groups is 1. The number of fused-ring (bicyclic) bond motifs is 1. The fraction of sp³-hybridized carbons (Fsp3) is 0.321. The van der Waals surface area contributed by atoms with Crippen LogP contribution in [0.2, 0.25) is 5.02 Å². The maximum atomic E-state index is 12.6. The van der Waals surface area contributed by atoms with E-state index in [1.165, 1.54) is 11.8 Å². The number of pyridine rings is 1. The first kappa shape index (κ1) is 23.5. The number of piperazine rings is 1. The smallest absolute Gasteiger partial charge is 0.286 e. The molecule has 36 heavy (non-hydrogen) atoms. The molecule has 3 aliphatic heterocycles. The molecule has 0 aliphatic carbocycles. The number of amides is 1. The third kappa shape index (κ3) is 4.63. The van der Waals surface area contributed by atoms with E-state index >= 15 is 0 Å². The van der Waals surface area contributed by atoms with Crippen molar-refractivity contribution in [3.63, 3.8) is 0 Å². The van der Waals surface area contributed by atoms with Gasteiger partial charge in [0.2, 0.25) is 0 Å². The predicted molar refractivity (Wildman–Crippen MR) is 151 cm³/mol. The fourth-order valence-electron chi connectivity index (χ4n) is 5.08. The van der Waals surface area contributed by atoms with Gasteiger partial charge in [-0.2, -0.15) is 4.99 Å². The largest absolute Gasteiger partial charge is 0.368 e. The van der Waals surface area contributed by atoms with Gasteiger partial charge in [-0.25, -0.2) is 0 Å². The highest BCUT2D eigenvalue weighted by atomic mass is 35.5. The number of carbonyl (C=O) groups excluding carboxylic acids is 1. The molecule has 0 radical (unpaired) electrons. The SMILES string of the molecule is CN1CCN(c2ccc(-c3ccnc4ccc(C=C5SC(N6CCCC6)=NC5=O)cc34)cc2Cl)CC1. The summed E-state index contributed by atoms with van der Waals surface area (Å²) in [5.41, 5.74) is 5.09. The van der Waals surface area contributed by atoms with Crippen molar-refractivity contribution in [2.24, 2.45) is 4.99 Å². The molecular weight excluding hydrogens is 490 g/mol. The molecule has 2 aromatic carbocycles. The van der Waals surface area contributed by atoms with E-state index < -0.39 is 0 Å². The number of hydrogen-bond donors (Lipinski definition) is 0. The van der Waals surface area contributed by atoms with Crippen molar-refractivity contribution in [3.05, 3.63) is 64.2 Å². The standard InChI is InChI=1S/C28H28ClN5OS/c1-32-12-14-33(15-13-32)25-7-5-20(18-23(25)29)21-8-9-30-24-6-4-19(16-22(21)24)17-26-27(35)31-28(36-26)34-10-2-3-11-34/h4-9,16-18H,2-3,10-15H2,1H3. The zero-order chi connectivity index (χ0) is 24.6. The van der Waals surface area contributed by atoms with Crippen LogP contribution in [0.5, 0.6) is 0 Å². The van der Waals surface area contributed by atoms with Gasteiger partial charge in [0, 0.05) is 50.9 Å². The topological polar surface area (TPSA) is 52.0 Å². The number of rotatable bonds is 3. The number of aliphatic imine (C=N–C) groups is 1. The van der Waals surface area contributed by atoms with Crippen molar-refractivity contribution in [1.29, 1.82) is 0 Å². The van der Waals surface area contributed by atoms with Gasteiger partial charge in [-0.3, -0.25) is 9.78 Å². The molecule has 1 aromatic heterocycles. The van der Waals surface area contributed by atoms with Crippen molar-refractivity contribution in [2.75, 3.05) is 51.2 Å². The van der Waals surface area contributed by atoms with Gasteiger partial charge in [0.05, 0.1) is 21.1 Å². The number of likely N-dealkylation sites (N-methyl/N-ethyl adjacent to an activating group) is 1. The minimum Gasteiger partial charge on any atom is -0.368 e. The maximum absolute atomic E-state index is 12.6. The van der Waals surface area contributed by atoms with Crippen LogP contribution in [0.4, 0.5) is 5.69 Å². The molecule has 0 atom stereocenters. The van der Waals surface area contributed by atoms with Crippen molar-refractivity contribution in [3.8, 4) is 11.1 Å². The van der Waals surface area contributed by atoms with Crippen LogP contribution in [0.1, 0.15) is 18.4 Å². The third-order valence-corrected chi connectivity index (χ3v) is 8.50. The van der Waals surface area contributed by atoms with Crippen LogP contribution in [0.3, 0.4) is 0 Å². The number of carbonyl (C=O) groups is 1. The molecule has 3 aromatic rings. The Bertz CT molecular complexity index is 1390. The molecule has 2 fully saturated rings. The molecule has 3 aliphatic rings. The summed E-state index contributed by atoms with van der Waals surface area (Å²) >= 11 is 8.27. The lowest BCUT2D eigenvalue weighted by Gasteiger charge is -2.34. The summed E-state index contributed by atoms with van der Waals surface area (Å²) < 4.78 is 0. The number of benzene rings is 2. The first-order chi connectivity index (χ1) is 17.5. The minimum absolute atomic E-state index is 0.153. The first-order valence-corrected chi connectivity index (χ1v) is 13.6. The fourth-order valence-corrected chi connectivity index (χ4v) is 6.34. The lowest BCUT2D eigenvalue weighted by molar-refractivity contribution is -0.113. The zero-order valence-electron chi connectivity index (χ0n) is 20.3. The third-order valence-electron chi connectivity index (χ3n) is 7.15. The van der Waals surface area contributed by atoms with Crippen molar-refractivity contribution in [1.82, 2.24) is 14.8 Å². The first-order valence-electron chi connectivity index (χ1n) is 12.4. The number of likely N-dealkylation sites (tertiary alicyclic amines) is 1. The summed E-state index contributed by atoms with van der Waals surface area (Å²) in [7, 11) is 2.15. The van der Waals surface area contributed by atoms with Crippen molar-refractivity contribution >= 4 is 57.1 Å². The molecule has 1 amide bonds. The van der Waals surface area contributed by atoms with Crippen LogP contribution in [0, 0.1) is 0 Å². The predicted octanol–water partition coefficient (Wildman–Crippen LogP) is 5.37. The highest BCUT2D eigenvalue weighted by molar-refractivity contribution is 8.18. The van der Waals surface area contributed by atoms with E-state index in [9.17, 15) is 4.79 Å². The van der Waals surface area contributed by atoms with Gasteiger partial charge >= 0.3 is 0 Å². The normalized spacial score (nSPS) is 20.1. The summed E-state index contributed by atoms with van der Waals surface area (Å²) in [6.45, 7) is 5.99. The van der Waals surface area contributed by atoms with Gasteiger partial charge in [0.1, 0.15) is 0 Å². The highest BCUT2D eigenvalue weighted by Gasteiger charge is 2.27. The molecule has 0 saturated carbocycles. The molecule has 0 unspecified atom stereocenters. The Hall–Kier alpha value is -2.87. The molecule has 2 saturated heterocycles. The van der Waals surface area contributed by atoms with Gasteiger partial charge in [-0.1, -0.05) is 23.7 Å². The lowest BCUT2D eigenvalue weighted by atomic mass is 9.99. The van der Waals surface area contributed by atoms with Gasteiger partial charge in [-0.15, -0.1) is 0 Å². The summed E-state index contributed by atoms with van der Waals surface area (Å²) in [5, 5.41) is 2.63. The number of anilines is 1. The van der Waals surface area contributed by atoms with Gasteiger partial charge in [-0.05, 0) is 84.7 Å². The summed E-state index contributed by atoms with van der Waals surface area (Å²) in [5.74, 6) is -0.153. The Balaban J connectivity index is 1.30. The number of aromatic nitrogens is 1. The van der Waals surface area contributed by atoms with Crippen molar-refractivity contribution < 1.29 is 4.79 Å². The number of hydrogen-bond acceptors (Lipinski definition) is 6. The van der Waals surface area contributed by atoms with Crippen LogP contribution in [0.25, 0.3) is 28.1 Å². The molecule has 184 valence electrons. The van der Waals surface area contributed by atoms with Crippen LogP contribution in [-0.4, -0.2) is 72.2 Å². The average molecular weight is 518 g/mol. The molecule has 8 heteroatoms. The number of amidine groups is 1. The van der Waals surface area contributed by atoms with Crippen LogP contribution >= 0.6 is 23.4 Å². The Kier molecular flexibility index (Phi) is 6.46. The minimum atomic E-state index is -0.153. The summed E-state index contributed by atoms with van der Waals surface area (Å²) in [6, 6.07) is 14.5. The lowest BCUT2D eigenvalue weighted by Crippen LogP contribution is -2.44. The molecule has 0 spiro atoms. The van der Waals surface area contributed by atoms with E-state index in [0.29, 0.717) is 4.91 Å². The maximum Gasteiger partial charge on any atom is 0.286 e. The Morgan fingerprint density at radius 3 is 2.53 bits per heavy atom. The van der Waals surface area contributed by atoms with Gasteiger partial charge < -0.3 is 14.7 Å². The average Bonchev–Trinajstić information content (AvgIpc) is 3.55. The van der Waals surface area contributed by atoms with Crippen LogP contribution in [0.15, 0.2) is 58.6 Å². The number of nitrogens with zero attached hydrogens (tertiary/aromatic N) is 5. The molecular formula is C28H28ClN5OS. The Labute approximate surface area is 220 Å². The van der Waals surface area contributed by atoms with Gasteiger partial charge in [0.15, 0.2) is 5.17 Å². The van der Waals surface area contributed by atoms with E-state index in [1.54, 1.807) is 0 Å². The molecule has 0 bridgehead atoms. The second kappa shape index (κ2) is 9.88. The Morgan fingerprint density at radius 1 is 0.944 bits per heavy atom. The summed E-state index contributed by atoms with van der Waals surface area (Å²) in [4.78, 5) is 29.0. The summed E-state index contributed by atoms with van der Waals surface area (Å²) in [6.07, 6.45) is 6.10. The Morgan fingerprint density at radius 2 is 1.75 bits per heavy atom. The molecule has 4 heterocycles. The second-order valence-corrected chi connectivity index (χ2v) is 11.0. The van der Waals surface area contributed by atoms with Crippen molar-refractivity contribution in [2.45, 2.75) is 12.8 Å².